The van der Waals surface area contributed by atoms with Crippen molar-refractivity contribution in [2.45, 2.75) is 13.3 Å². The predicted molar refractivity (Wildman–Crippen MR) is 57.0 cm³/mol. The highest BCUT2D eigenvalue weighted by atomic mass is 35.5. The molecule has 0 radical (unpaired) electrons. The van der Waals surface area contributed by atoms with E-state index in [0.717, 1.165) is 12.5 Å². The summed E-state index contributed by atoms with van der Waals surface area (Å²) in [6.45, 7) is 2.25. The molecule has 0 aliphatic rings. The topological polar surface area (TPSA) is 49.7 Å². The average Bonchev–Trinajstić information content (AvgIpc) is 2.16. The third kappa shape index (κ3) is 3.09. The molecule has 0 heterocycles. The molecule has 1 rings (SSSR count). The van der Waals surface area contributed by atoms with Crippen LogP contribution in [0, 0.1) is 5.82 Å². The van der Waals surface area contributed by atoms with Crippen LogP contribution >= 0.6 is 11.6 Å². The molecule has 0 saturated carbocycles. The maximum absolute atomic E-state index is 13.4. The highest BCUT2D eigenvalue weighted by molar-refractivity contribution is 6.59. The number of hydrogen-bond donors (Lipinski definition) is 2. The van der Waals surface area contributed by atoms with Gasteiger partial charge in [-0.15, -0.1) is 0 Å². The third-order valence-corrected chi connectivity index (χ3v) is 2.05. The Hall–Kier alpha value is -0.775. The van der Waals surface area contributed by atoms with Crippen LogP contribution < -0.4 is 10.2 Å². The van der Waals surface area contributed by atoms with Crippen molar-refractivity contribution >= 4 is 24.2 Å². The Morgan fingerprint density at radius 1 is 1.47 bits per heavy atom. The van der Waals surface area contributed by atoms with Crippen LogP contribution in [0.15, 0.2) is 12.1 Å². The standard InChI is InChI=1S/C9H11BClFO3/c1-2-3-15-9-7(11)4-6(10(13)14)5-8(9)12/h4-5,13-14H,2-3H2,1H3. The minimum atomic E-state index is -1.74. The molecule has 3 nitrogen and oxygen atoms in total. The quantitative estimate of drug-likeness (QED) is 0.760. The molecule has 0 unspecified atom stereocenters. The molecule has 1 aromatic carbocycles. The Morgan fingerprint density at radius 2 is 2.13 bits per heavy atom. The molecule has 2 N–H and O–H groups in total. The lowest BCUT2D eigenvalue weighted by atomic mass is 9.80. The van der Waals surface area contributed by atoms with E-state index in [9.17, 15) is 4.39 Å². The van der Waals surface area contributed by atoms with E-state index < -0.39 is 12.9 Å². The van der Waals surface area contributed by atoms with E-state index in [-0.39, 0.29) is 16.2 Å². The normalized spacial score (nSPS) is 10.2. The minimum Gasteiger partial charge on any atom is -0.489 e. The summed E-state index contributed by atoms with van der Waals surface area (Å²) in [5.41, 5.74) is 0.00125. The number of halogens is 2. The van der Waals surface area contributed by atoms with Gasteiger partial charge in [-0.2, -0.15) is 0 Å². The molecule has 0 spiro atoms. The van der Waals surface area contributed by atoms with E-state index in [1.54, 1.807) is 0 Å². The average molecular weight is 232 g/mol. The lowest BCUT2D eigenvalue weighted by Crippen LogP contribution is -2.30. The van der Waals surface area contributed by atoms with Gasteiger partial charge in [-0.25, -0.2) is 4.39 Å². The largest absolute Gasteiger partial charge is 0.489 e. The fourth-order valence-electron chi connectivity index (χ4n) is 1.07. The molecule has 15 heavy (non-hydrogen) atoms. The van der Waals surface area contributed by atoms with Gasteiger partial charge in [0.05, 0.1) is 11.6 Å². The summed E-state index contributed by atoms with van der Waals surface area (Å²) < 4.78 is 18.4. The lowest BCUT2D eigenvalue weighted by Gasteiger charge is -2.09. The van der Waals surface area contributed by atoms with E-state index in [0.29, 0.717) is 6.61 Å². The third-order valence-electron chi connectivity index (χ3n) is 1.77. The molecule has 0 amide bonds. The summed E-state index contributed by atoms with van der Waals surface area (Å²) in [6.07, 6.45) is 0.736. The van der Waals surface area contributed by atoms with Crippen molar-refractivity contribution in [2.75, 3.05) is 6.61 Å². The molecule has 0 atom stereocenters. The van der Waals surface area contributed by atoms with Gasteiger partial charge in [-0.05, 0) is 24.0 Å². The van der Waals surface area contributed by atoms with Crippen molar-refractivity contribution in [1.29, 1.82) is 0 Å². The van der Waals surface area contributed by atoms with Crippen molar-refractivity contribution in [3.8, 4) is 5.75 Å². The molecule has 0 saturated heterocycles. The first-order valence-corrected chi connectivity index (χ1v) is 4.92. The zero-order valence-electron chi connectivity index (χ0n) is 8.20. The van der Waals surface area contributed by atoms with Crippen LogP contribution in [0.25, 0.3) is 0 Å². The molecule has 1 aromatic rings. The van der Waals surface area contributed by atoms with Gasteiger partial charge in [0, 0.05) is 0 Å². The van der Waals surface area contributed by atoms with Crippen molar-refractivity contribution in [3.63, 3.8) is 0 Å². The van der Waals surface area contributed by atoms with Crippen molar-refractivity contribution in [1.82, 2.24) is 0 Å². The van der Waals surface area contributed by atoms with E-state index >= 15 is 0 Å². The zero-order valence-corrected chi connectivity index (χ0v) is 8.96. The van der Waals surface area contributed by atoms with Crippen molar-refractivity contribution < 1.29 is 19.2 Å². The first-order chi connectivity index (χ1) is 7.06. The highest BCUT2D eigenvalue weighted by Gasteiger charge is 2.17. The zero-order chi connectivity index (χ0) is 11.4. The summed E-state index contributed by atoms with van der Waals surface area (Å²) in [4.78, 5) is 0. The Bertz CT molecular complexity index is 323. The smallest absolute Gasteiger partial charge is 0.488 e. The lowest BCUT2D eigenvalue weighted by molar-refractivity contribution is 0.301. The molecular formula is C9H11BClFO3. The maximum Gasteiger partial charge on any atom is 0.488 e. The minimum absolute atomic E-state index is 0.00125. The van der Waals surface area contributed by atoms with Crippen LogP contribution in [0.3, 0.4) is 0 Å². The summed E-state index contributed by atoms with van der Waals surface area (Å²) >= 11 is 5.73. The van der Waals surface area contributed by atoms with Crippen LogP contribution in [-0.4, -0.2) is 23.8 Å². The van der Waals surface area contributed by atoms with E-state index in [1.165, 1.54) is 6.07 Å². The monoisotopic (exact) mass is 232 g/mol. The van der Waals surface area contributed by atoms with Gasteiger partial charge < -0.3 is 14.8 Å². The van der Waals surface area contributed by atoms with E-state index in [1.807, 2.05) is 6.92 Å². The first kappa shape index (κ1) is 12.3. The van der Waals surface area contributed by atoms with E-state index in [2.05, 4.69) is 0 Å². The summed E-state index contributed by atoms with van der Waals surface area (Å²) in [5.74, 6) is -0.748. The van der Waals surface area contributed by atoms with Gasteiger partial charge in [0.2, 0.25) is 0 Å². The SMILES string of the molecule is CCCOc1c(F)cc(B(O)O)cc1Cl. The van der Waals surface area contributed by atoms with Gasteiger partial charge in [-0.1, -0.05) is 18.5 Å². The number of rotatable bonds is 4. The second-order valence-electron chi connectivity index (χ2n) is 3.04. The fourth-order valence-corrected chi connectivity index (χ4v) is 1.34. The first-order valence-electron chi connectivity index (χ1n) is 4.54. The van der Waals surface area contributed by atoms with Gasteiger partial charge in [0.15, 0.2) is 11.6 Å². The maximum atomic E-state index is 13.4. The van der Waals surface area contributed by atoms with Gasteiger partial charge in [-0.3, -0.25) is 0 Å². The number of hydrogen-bond acceptors (Lipinski definition) is 3. The van der Waals surface area contributed by atoms with Gasteiger partial charge in [0.1, 0.15) is 0 Å². The van der Waals surface area contributed by atoms with Crippen LogP contribution in [0.2, 0.25) is 5.02 Å². The summed E-state index contributed by atoms with van der Waals surface area (Å²) in [7, 11) is -1.74. The molecule has 6 heteroatoms. The Balaban J connectivity index is 2.99. The predicted octanol–water partition coefficient (Wildman–Crippen LogP) is 0.948. The molecule has 0 bridgehead atoms. The van der Waals surface area contributed by atoms with Crippen LogP contribution in [0.4, 0.5) is 4.39 Å². The van der Waals surface area contributed by atoms with Gasteiger partial charge >= 0.3 is 7.12 Å². The molecule has 0 fully saturated rings. The van der Waals surface area contributed by atoms with Crippen LogP contribution in [-0.2, 0) is 0 Å². The fraction of sp³-hybridized carbons (Fsp3) is 0.333. The molecule has 0 aliphatic carbocycles. The van der Waals surface area contributed by atoms with Gasteiger partial charge in [0.25, 0.3) is 0 Å². The number of benzene rings is 1. The Morgan fingerprint density at radius 3 is 2.60 bits per heavy atom. The van der Waals surface area contributed by atoms with E-state index in [4.69, 9.17) is 26.4 Å². The Labute approximate surface area is 92.6 Å². The second kappa shape index (κ2) is 5.35. The summed E-state index contributed by atoms with van der Waals surface area (Å²) in [5, 5.41) is 17.7. The highest BCUT2D eigenvalue weighted by Crippen LogP contribution is 2.26. The molecule has 0 aliphatic heterocycles. The van der Waals surface area contributed by atoms with Crippen LogP contribution in [0.1, 0.15) is 13.3 Å². The molecule has 82 valence electrons. The molecule has 0 aromatic heterocycles. The van der Waals surface area contributed by atoms with Crippen LogP contribution in [0.5, 0.6) is 5.75 Å². The van der Waals surface area contributed by atoms with Crippen molar-refractivity contribution in [3.05, 3.63) is 23.0 Å². The van der Waals surface area contributed by atoms with Crippen molar-refractivity contribution in [2.24, 2.45) is 0 Å². The number of ether oxygens (including phenoxy) is 1. The summed E-state index contributed by atoms with van der Waals surface area (Å²) in [6, 6.07) is 2.25. The molecular weight excluding hydrogens is 221 g/mol. The second-order valence-corrected chi connectivity index (χ2v) is 3.44. The Kier molecular flexibility index (Phi) is 4.38.